The first-order valence-electron chi connectivity index (χ1n) is 13.3. The Morgan fingerprint density at radius 2 is 1.67 bits per heavy atom. The van der Waals surface area contributed by atoms with Crippen LogP contribution in [0.5, 0.6) is 0 Å². The molecule has 0 bridgehead atoms. The number of hydrogen-bond donors (Lipinski definition) is 2. The number of halogens is 2. The van der Waals surface area contributed by atoms with E-state index in [0.29, 0.717) is 0 Å². The van der Waals surface area contributed by atoms with Gasteiger partial charge in [0.25, 0.3) is 14.9 Å². The predicted octanol–water partition coefficient (Wildman–Crippen LogP) is 1.20. The summed E-state index contributed by atoms with van der Waals surface area (Å²) in [6, 6.07) is 0. The SMILES string of the molecule is [B]P1(=O)OC[C@H]2O[C@@H](n3cnc4c(N)ncnc43)C(F)[C@H]2OP([B])(=O)OC[C@H]2O[C@@H](n3cc(F)c4c3N=CCC4=O)[C@@H](O)C2O1. The highest BCUT2D eigenvalue weighted by Gasteiger charge is 2.53. The molecule has 7 rings (SSSR count). The molecule has 4 aliphatic rings. The lowest BCUT2D eigenvalue weighted by Gasteiger charge is -2.30. The molecular weight excluding hydrogens is 644 g/mol. The van der Waals surface area contributed by atoms with Crippen molar-refractivity contribution in [3.63, 3.8) is 0 Å². The highest BCUT2D eigenvalue weighted by molar-refractivity contribution is 7.79. The maximum absolute atomic E-state index is 15.9. The van der Waals surface area contributed by atoms with Gasteiger partial charge in [-0.3, -0.25) is 18.5 Å². The summed E-state index contributed by atoms with van der Waals surface area (Å²) in [6.07, 6.45) is -8.59. The van der Waals surface area contributed by atoms with Gasteiger partial charge >= 0.3 is 0 Å². The number of aliphatic hydroxyl groups excluding tert-OH is 1. The average Bonchev–Trinajstić information content (AvgIpc) is 3.71. The lowest BCUT2D eigenvalue weighted by atomic mass is 10.1. The highest BCUT2D eigenvalue weighted by atomic mass is 31.2. The Balaban J connectivity index is 1.16. The number of fused-ring (bicyclic) bond motifs is 4. The minimum absolute atomic E-state index is 0.0273. The number of anilines is 1. The largest absolute Gasteiger partial charge is 0.386 e. The van der Waals surface area contributed by atoms with Gasteiger partial charge in [0, 0.05) is 18.8 Å². The van der Waals surface area contributed by atoms with Gasteiger partial charge in [0.2, 0.25) is 15.1 Å². The molecule has 3 N–H and O–H groups in total. The third-order valence-corrected chi connectivity index (χ3v) is 9.71. The summed E-state index contributed by atoms with van der Waals surface area (Å²) in [5.74, 6) is -1.57. The van der Waals surface area contributed by atoms with Crippen LogP contribution in [0.15, 0.2) is 23.8 Å². The van der Waals surface area contributed by atoms with E-state index in [0.717, 1.165) is 17.1 Å². The molecule has 0 saturated carbocycles. The summed E-state index contributed by atoms with van der Waals surface area (Å²) < 4.78 is 92.4. The molecule has 0 aromatic carbocycles. The van der Waals surface area contributed by atoms with Crippen molar-refractivity contribution >= 4 is 64.9 Å². The van der Waals surface area contributed by atoms with Crippen LogP contribution in [-0.4, -0.2) is 106 Å². The molecule has 4 radical (unpaired) electrons. The van der Waals surface area contributed by atoms with Crippen LogP contribution in [0, 0.1) is 5.82 Å². The van der Waals surface area contributed by atoms with Crippen LogP contribution in [-0.2, 0) is 36.7 Å². The topological polar surface area (TPSA) is 214 Å². The van der Waals surface area contributed by atoms with Crippen molar-refractivity contribution in [3.05, 3.63) is 30.2 Å². The van der Waals surface area contributed by atoms with Crippen molar-refractivity contribution in [1.82, 2.24) is 24.1 Å². The number of nitrogen functional groups attached to an aromatic ring is 1. The molecule has 234 valence electrons. The van der Waals surface area contributed by atoms with Crippen molar-refractivity contribution in [3.8, 4) is 0 Å². The van der Waals surface area contributed by atoms with Crippen LogP contribution >= 0.6 is 14.9 Å². The summed E-state index contributed by atoms with van der Waals surface area (Å²) in [5, 5.41) is 11.2. The van der Waals surface area contributed by atoms with Crippen LogP contribution in [0.25, 0.3) is 11.2 Å². The third-order valence-electron chi connectivity index (χ3n) is 7.62. The van der Waals surface area contributed by atoms with Gasteiger partial charge in [-0.2, -0.15) is 0 Å². The summed E-state index contributed by atoms with van der Waals surface area (Å²) in [7, 11) is 2.44. The zero-order valence-electron chi connectivity index (χ0n) is 22.7. The quantitative estimate of drug-likeness (QED) is 0.291. The second kappa shape index (κ2) is 11.1. The Morgan fingerprint density at radius 1 is 1.00 bits per heavy atom. The number of carbonyl (C=O) groups is 1. The third kappa shape index (κ3) is 5.39. The molecule has 0 amide bonds. The van der Waals surface area contributed by atoms with Gasteiger partial charge in [-0.05, 0) is 0 Å². The fourth-order valence-electron chi connectivity index (χ4n) is 5.59. The summed E-state index contributed by atoms with van der Waals surface area (Å²) >= 11 is 0. The van der Waals surface area contributed by atoms with E-state index in [2.05, 4.69) is 19.9 Å². The zero-order valence-corrected chi connectivity index (χ0v) is 24.5. The lowest BCUT2D eigenvalue weighted by molar-refractivity contribution is -0.0562. The van der Waals surface area contributed by atoms with Gasteiger partial charge in [-0.1, -0.05) is 0 Å². The van der Waals surface area contributed by atoms with Gasteiger partial charge in [-0.15, -0.1) is 0 Å². The van der Waals surface area contributed by atoms with E-state index >= 15 is 4.39 Å². The van der Waals surface area contributed by atoms with Crippen LogP contribution < -0.4 is 5.73 Å². The lowest BCUT2D eigenvalue weighted by Crippen LogP contribution is -2.38. The van der Waals surface area contributed by atoms with E-state index in [1.807, 2.05) is 0 Å². The number of aromatic nitrogens is 5. The fourth-order valence-corrected chi connectivity index (χ4v) is 7.61. The Bertz CT molecular complexity index is 1810. The summed E-state index contributed by atoms with van der Waals surface area (Å²) in [5.41, 5.74) is 5.78. The van der Waals surface area contributed by atoms with Crippen molar-refractivity contribution in [1.29, 1.82) is 0 Å². The number of hydrogen-bond acceptors (Lipinski definition) is 15. The zero-order chi connectivity index (χ0) is 31.8. The van der Waals surface area contributed by atoms with Crippen LogP contribution in [0.4, 0.5) is 20.4 Å². The summed E-state index contributed by atoms with van der Waals surface area (Å²) in [6.45, 7) is -1.47. The Morgan fingerprint density at radius 3 is 2.40 bits per heavy atom. The first-order valence-corrected chi connectivity index (χ1v) is 16.5. The number of aliphatic hydroxyl groups is 1. The maximum atomic E-state index is 15.9. The Labute approximate surface area is 254 Å². The molecule has 4 unspecified atom stereocenters. The van der Waals surface area contributed by atoms with Crippen molar-refractivity contribution < 1.29 is 55.4 Å². The number of nitrogens with two attached hydrogens (primary N) is 1. The molecule has 3 saturated heterocycles. The van der Waals surface area contributed by atoms with Crippen LogP contribution in [0.1, 0.15) is 29.2 Å². The molecule has 0 aliphatic carbocycles. The monoisotopic (exact) mass is 665 g/mol. The second-order valence-electron chi connectivity index (χ2n) is 10.5. The van der Waals surface area contributed by atoms with E-state index < -0.39 is 88.9 Å². The average molecular weight is 665 g/mol. The number of nitrogens with zero attached hydrogens (tertiary/aromatic N) is 6. The number of imidazole rings is 1. The van der Waals surface area contributed by atoms with E-state index in [9.17, 15) is 23.4 Å². The van der Waals surface area contributed by atoms with Gasteiger partial charge in [0.05, 0.1) is 25.1 Å². The minimum Gasteiger partial charge on any atom is -0.386 e. The van der Waals surface area contributed by atoms with E-state index in [1.165, 1.54) is 17.1 Å². The standard InChI is InChI=1S/C22H21B2F2N7O10P2/c23-44(36)39-5-11-17(15(35)22(41-11)32-3-8(25)12-9(34)1-2-28-19(12)32)43-45(24,37)38-4-10-16(42-44)13(26)21(40-10)33-7-31-14-18(27)29-6-30-20(14)33/h2-3,6-7,10-11,13,15-17,21-22,35H,1,4-5H2,(H2,27,29,30)/t10-,11-,13?,15+,16+,17?,21-,22-,44?,45?/m1/s1. The van der Waals surface area contributed by atoms with Crippen molar-refractivity contribution in [2.45, 2.75) is 55.6 Å². The first kappa shape index (κ1) is 30.8. The number of Topliss-reactive ketones (excluding diaryl/α,β-unsaturated/α-hetero) is 1. The van der Waals surface area contributed by atoms with Gasteiger partial charge in [-0.25, -0.2) is 28.7 Å². The van der Waals surface area contributed by atoms with Gasteiger partial charge in [0.15, 0.2) is 41.7 Å². The molecule has 0 spiro atoms. The number of aliphatic imine (C=N–C) groups is 1. The molecule has 3 aromatic heterocycles. The van der Waals surface area contributed by atoms with Crippen LogP contribution in [0.2, 0.25) is 0 Å². The number of ether oxygens (including phenoxy) is 2. The molecular formula is C22H21B2F2N7O10P2. The van der Waals surface area contributed by atoms with E-state index in [4.69, 9.17) is 48.4 Å². The molecule has 4 aliphatic heterocycles. The number of rotatable bonds is 2. The number of carbonyl (C=O) groups excluding carboxylic acids is 1. The molecule has 7 heterocycles. The molecule has 45 heavy (non-hydrogen) atoms. The highest BCUT2D eigenvalue weighted by Crippen LogP contribution is 2.54. The smallest absolute Gasteiger partial charge is 0.264 e. The molecule has 17 nitrogen and oxygen atoms in total. The van der Waals surface area contributed by atoms with E-state index in [-0.39, 0.29) is 34.8 Å². The van der Waals surface area contributed by atoms with Crippen molar-refractivity contribution in [2.24, 2.45) is 4.99 Å². The minimum atomic E-state index is -4.62. The number of alkyl halides is 1. The van der Waals surface area contributed by atoms with Gasteiger partial charge in [0.1, 0.15) is 48.2 Å². The molecule has 3 aromatic rings. The fraction of sp³-hybridized carbons (Fsp3) is 0.500. The van der Waals surface area contributed by atoms with Crippen molar-refractivity contribution in [2.75, 3.05) is 18.9 Å². The Hall–Kier alpha value is -2.86. The predicted molar refractivity (Wildman–Crippen MR) is 148 cm³/mol. The normalized spacial score (nSPS) is 38.8. The molecule has 23 heteroatoms. The summed E-state index contributed by atoms with van der Waals surface area (Å²) in [4.78, 5) is 28.3. The van der Waals surface area contributed by atoms with Crippen LogP contribution in [0.3, 0.4) is 0 Å². The molecule has 10 atom stereocenters. The molecule has 3 fully saturated rings. The first-order chi connectivity index (χ1) is 21.3. The van der Waals surface area contributed by atoms with E-state index in [1.54, 1.807) is 0 Å². The Kier molecular flexibility index (Phi) is 7.62. The van der Waals surface area contributed by atoms with Gasteiger partial charge < -0.3 is 43.0 Å². The second-order valence-corrected chi connectivity index (χ2v) is 13.6. The number of ketones is 1. The maximum Gasteiger partial charge on any atom is 0.264 e.